The van der Waals surface area contributed by atoms with Crippen LogP contribution < -0.4 is 4.72 Å². The lowest BCUT2D eigenvalue weighted by Crippen LogP contribution is -2.13. The molecule has 1 N–H and O–H groups in total. The molecule has 0 aromatic heterocycles. The van der Waals surface area contributed by atoms with Crippen LogP contribution in [0.1, 0.15) is 23.6 Å². The van der Waals surface area contributed by atoms with E-state index < -0.39 is 10.0 Å². The van der Waals surface area contributed by atoms with Crippen molar-refractivity contribution in [3.05, 3.63) is 93.5 Å². The van der Waals surface area contributed by atoms with E-state index in [-0.39, 0.29) is 9.92 Å². The van der Waals surface area contributed by atoms with Gasteiger partial charge in [-0.25, -0.2) is 8.42 Å². The molecule has 3 nitrogen and oxygen atoms in total. The second kappa shape index (κ2) is 9.92. The van der Waals surface area contributed by atoms with Crippen LogP contribution in [-0.2, 0) is 29.3 Å². The van der Waals surface area contributed by atoms with Gasteiger partial charge in [-0.2, -0.15) is 0 Å². The van der Waals surface area contributed by atoms with Crippen LogP contribution in [0.15, 0.2) is 71.6 Å². The van der Waals surface area contributed by atoms with Crippen molar-refractivity contribution in [3.8, 4) is 0 Å². The van der Waals surface area contributed by atoms with E-state index in [9.17, 15) is 8.42 Å². The first-order valence-electron chi connectivity index (χ1n) is 9.43. The molecule has 0 bridgehead atoms. The van der Waals surface area contributed by atoms with E-state index in [1.165, 1.54) is 17.2 Å². The Morgan fingerprint density at radius 1 is 0.833 bits per heavy atom. The molecule has 3 aromatic rings. The lowest BCUT2D eigenvalue weighted by Gasteiger charge is -2.10. The molecule has 156 valence electrons. The van der Waals surface area contributed by atoms with Crippen molar-refractivity contribution in [1.29, 1.82) is 0 Å². The quantitative estimate of drug-likeness (QED) is 0.376. The van der Waals surface area contributed by atoms with E-state index in [0.717, 1.165) is 23.3 Å². The second-order valence-electron chi connectivity index (χ2n) is 6.94. The zero-order valence-corrected chi connectivity index (χ0v) is 19.5. The lowest BCUT2D eigenvalue weighted by atomic mass is 10.0. The van der Waals surface area contributed by atoms with Crippen LogP contribution in [0.4, 0.5) is 5.69 Å². The number of anilines is 1. The number of hydrogen-bond donors (Lipinski definition) is 1. The van der Waals surface area contributed by atoms with E-state index in [1.54, 1.807) is 36.4 Å². The predicted molar refractivity (Wildman–Crippen MR) is 130 cm³/mol. The number of benzene rings is 3. The van der Waals surface area contributed by atoms with Gasteiger partial charge in [-0.1, -0.05) is 78.7 Å². The number of aryl methyl sites for hydroxylation is 1. The van der Waals surface area contributed by atoms with Crippen LogP contribution in [0.5, 0.6) is 0 Å². The summed E-state index contributed by atoms with van der Waals surface area (Å²) in [7, 11) is -3.73. The molecule has 0 saturated heterocycles. The fraction of sp³-hybridized carbons (Fsp3) is 0.174. The molecule has 0 radical (unpaired) electrons. The van der Waals surface area contributed by atoms with Crippen LogP contribution in [0.25, 0.3) is 0 Å². The minimum atomic E-state index is -3.73. The maximum atomic E-state index is 12.6. The Bertz CT molecular complexity index is 1140. The highest BCUT2D eigenvalue weighted by atomic mass is 35.5. The molecule has 0 aliphatic heterocycles. The van der Waals surface area contributed by atoms with Crippen molar-refractivity contribution in [3.63, 3.8) is 0 Å². The first kappa shape index (κ1) is 22.8. The van der Waals surface area contributed by atoms with E-state index in [4.69, 9.17) is 35.4 Å². The van der Waals surface area contributed by atoms with Crippen LogP contribution in [0.2, 0.25) is 10.0 Å². The number of thiocarbonyl (C=S) groups is 1. The van der Waals surface area contributed by atoms with E-state index in [0.29, 0.717) is 17.1 Å². The van der Waals surface area contributed by atoms with Crippen LogP contribution in [0.3, 0.4) is 0 Å². The Labute approximate surface area is 193 Å². The zero-order valence-electron chi connectivity index (χ0n) is 16.4. The Balaban J connectivity index is 1.64. The first-order chi connectivity index (χ1) is 14.3. The maximum absolute atomic E-state index is 12.6. The molecule has 7 heteroatoms. The molecule has 0 heterocycles. The molecule has 0 fully saturated rings. The summed E-state index contributed by atoms with van der Waals surface area (Å²) in [6, 6.07) is 19.8. The third-order valence-electron chi connectivity index (χ3n) is 4.64. The topological polar surface area (TPSA) is 46.2 Å². The third-order valence-corrected chi connectivity index (χ3v) is 7.06. The molecule has 3 rings (SSSR count). The van der Waals surface area contributed by atoms with Crippen LogP contribution in [-0.4, -0.2) is 13.3 Å². The summed E-state index contributed by atoms with van der Waals surface area (Å²) < 4.78 is 27.7. The minimum absolute atomic E-state index is 0.165. The van der Waals surface area contributed by atoms with Crippen molar-refractivity contribution >= 4 is 56.0 Å². The predicted octanol–water partition coefficient (Wildman–Crippen LogP) is 6.51. The van der Waals surface area contributed by atoms with Crippen molar-refractivity contribution in [2.75, 3.05) is 4.72 Å². The van der Waals surface area contributed by atoms with E-state index in [1.807, 2.05) is 0 Å². The van der Waals surface area contributed by atoms with Gasteiger partial charge >= 0.3 is 0 Å². The van der Waals surface area contributed by atoms with Gasteiger partial charge in [-0.05, 0) is 53.4 Å². The monoisotopic (exact) mass is 477 g/mol. The summed E-state index contributed by atoms with van der Waals surface area (Å²) >= 11 is 17.4. The smallest absolute Gasteiger partial charge is 0.261 e. The number of rotatable bonds is 8. The molecule has 0 aliphatic carbocycles. The van der Waals surface area contributed by atoms with Gasteiger partial charge in [0.05, 0.1) is 20.6 Å². The van der Waals surface area contributed by atoms with Crippen molar-refractivity contribution in [2.45, 2.75) is 31.1 Å². The number of halogens is 2. The Morgan fingerprint density at radius 3 is 1.90 bits per heavy atom. The minimum Gasteiger partial charge on any atom is -0.280 e. The molecule has 0 atom stereocenters. The molecule has 3 aromatic carbocycles. The summed E-state index contributed by atoms with van der Waals surface area (Å²) in [5.41, 5.74) is 3.81. The zero-order chi connectivity index (χ0) is 21.7. The standard InChI is InChI=1S/C23H21Cl2NO2S2/c1-2-16-3-5-17(6-4-16)13-20(29)14-18-7-10-21(11-8-18)30(27,28)26-19-9-12-22(24)23(25)15-19/h3-12,15,26H,2,13-14H2,1H3. The molecule has 0 amide bonds. The van der Waals surface area contributed by atoms with Gasteiger partial charge in [0.25, 0.3) is 10.0 Å². The first-order valence-corrected chi connectivity index (χ1v) is 12.1. The Morgan fingerprint density at radius 2 is 1.37 bits per heavy atom. The summed E-state index contributed by atoms with van der Waals surface area (Å²) in [5.74, 6) is 0. The van der Waals surface area contributed by atoms with Gasteiger partial charge in [0.1, 0.15) is 0 Å². The fourth-order valence-corrected chi connectivity index (χ4v) is 4.65. The highest BCUT2D eigenvalue weighted by Gasteiger charge is 2.15. The average molecular weight is 478 g/mol. The highest BCUT2D eigenvalue weighted by molar-refractivity contribution is 7.92. The Kier molecular flexibility index (Phi) is 7.53. The SMILES string of the molecule is CCc1ccc(CC(=S)Cc2ccc(S(=O)(=O)Nc3ccc(Cl)c(Cl)c3)cc2)cc1. The summed E-state index contributed by atoms with van der Waals surface area (Å²) in [4.78, 5) is 1.07. The van der Waals surface area contributed by atoms with Crippen molar-refractivity contribution < 1.29 is 8.42 Å². The number of nitrogens with one attached hydrogen (secondary N) is 1. The molecule has 0 unspecified atom stereocenters. The average Bonchev–Trinajstić information content (AvgIpc) is 2.71. The van der Waals surface area contributed by atoms with Crippen molar-refractivity contribution in [1.82, 2.24) is 0 Å². The number of sulfonamides is 1. The highest BCUT2D eigenvalue weighted by Crippen LogP contribution is 2.26. The normalized spacial score (nSPS) is 11.3. The van der Waals surface area contributed by atoms with Gasteiger partial charge in [0, 0.05) is 17.7 Å². The molecular weight excluding hydrogens is 457 g/mol. The second-order valence-corrected chi connectivity index (χ2v) is 10.0. The van der Waals surface area contributed by atoms with E-state index in [2.05, 4.69) is 35.9 Å². The molecular formula is C23H21Cl2NO2S2. The number of hydrogen-bond acceptors (Lipinski definition) is 3. The van der Waals surface area contributed by atoms with Gasteiger partial charge in [0.15, 0.2) is 0 Å². The lowest BCUT2D eigenvalue weighted by molar-refractivity contribution is 0.601. The molecule has 0 spiro atoms. The maximum Gasteiger partial charge on any atom is 0.261 e. The van der Waals surface area contributed by atoms with Gasteiger partial charge in [-0.3, -0.25) is 4.72 Å². The molecule has 0 saturated carbocycles. The van der Waals surface area contributed by atoms with Crippen molar-refractivity contribution in [2.24, 2.45) is 0 Å². The summed E-state index contributed by atoms with van der Waals surface area (Å²) in [5, 5.41) is 0.645. The van der Waals surface area contributed by atoms with Gasteiger partial charge in [0.2, 0.25) is 0 Å². The van der Waals surface area contributed by atoms with Crippen LogP contribution >= 0.6 is 35.4 Å². The largest absolute Gasteiger partial charge is 0.280 e. The third kappa shape index (κ3) is 6.05. The molecule has 0 aliphatic rings. The fourth-order valence-electron chi connectivity index (χ4n) is 2.97. The summed E-state index contributed by atoms with van der Waals surface area (Å²) in [6.45, 7) is 2.13. The molecule has 30 heavy (non-hydrogen) atoms. The van der Waals surface area contributed by atoms with Gasteiger partial charge < -0.3 is 0 Å². The summed E-state index contributed by atoms with van der Waals surface area (Å²) in [6.07, 6.45) is 2.35. The van der Waals surface area contributed by atoms with E-state index >= 15 is 0 Å². The Hall–Kier alpha value is -1.92. The van der Waals surface area contributed by atoms with Crippen LogP contribution in [0, 0.1) is 0 Å². The van der Waals surface area contributed by atoms with Gasteiger partial charge in [-0.15, -0.1) is 0 Å².